The van der Waals surface area contributed by atoms with Gasteiger partial charge < -0.3 is 10.0 Å². The summed E-state index contributed by atoms with van der Waals surface area (Å²) in [6, 6.07) is 3.55. The number of hydrogen-bond donors (Lipinski definition) is 1. The number of hydrogen-bond acceptors (Lipinski definition) is 3. The highest BCUT2D eigenvalue weighted by Gasteiger charge is 2.43. The van der Waals surface area contributed by atoms with Crippen LogP contribution in [0.3, 0.4) is 0 Å². The number of alkyl halides is 3. The average molecular weight is 385 g/mol. The van der Waals surface area contributed by atoms with Gasteiger partial charge in [0.25, 0.3) is 5.91 Å². The van der Waals surface area contributed by atoms with Gasteiger partial charge >= 0.3 is 12.1 Å². The van der Waals surface area contributed by atoms with Crippen molar-refractivity contribution in [1.29, 1.82) is 0 Å². The van der Waals surface area contributed by atoms with Gasteiger partial charge in [0, 0.05) is 12.6 Å². The van der Waals surface area contributed by atoms with Gasteiger partial charge in [-0.3, -0.25) is 9.59 Å². The van der Waals surface area contributed by atoms with Gasteiger partial charge in [0.15, 0.2) is 5.69 Å². The first-order chi connectivity index (χ1) is 12.7. The maximum atomic E-state index is 13.7. The lowest BCUT2D eigenvalue weighted by Gasteiger charge is -2.24. The van der Waals surface area contributed by atoms with Crippen LogP contribution < -0.4 is 0 Å². The van der Waals surface area contributed by atoms with Crippen molar-refractivity contribution in [2.24, 2.45) is 0 Å². The van der Waals surface area contributed by atoms with E-state index in [-0.39, 0.29) is 18.7 Å². The molecule has 0 spiro atoms. The Labute approximate surface area is 151 Å². The number of halogens is 4. The van der Waals surface area contributed by atoms with Crippen LogP contribution >= 0.6 is 0 Å². The number of carboxylic acid groups (broad SMARTS) is 1. The monoisotopic (exact) mass is 385 g/mol. The van der Waals surface area contributed by atoms with Gasteiger partial charge in [-0.2, -0.15) is 18.3 Å². The Hall–Kier alpha value is -2.91. The highest BCUT2D eigenvalue weighted by Crippen LogP contribution is 2.35. The summed E-state index contributed by atoms with van der Waals surface area (Å²) in [6.45, 7) is 0.176. The van der Waals surface area contributed by atoms with Gasteiger partial charge in [-0.1, -0.05) is 0 Å². The van der Waals surface area contributed by atoms with E-state index >= 15 is 0 Å². The number of benzene rings is 1. The van der Waals surface area contributed by atoms with E-state index in [4.69, 9.17) is 5.11 Å². The van der Waals surface area contributed by atoms with Crippen molar-refractivity contribution in [2.75, 3.05) is 6.54 Å². The summed E-state index contributed by atoms with van der Waals surface area (Å²) < 4.78 is 54.6. The van der Waals surface area contributed by atoms with Crippen LogP contribution in [0.5, 0.6) is 0 Å². The van der Waals surface area contributed by atoms with Crippen LogP contribution in [-0.2, 0) is 11.0 Å². The average Bonchev–Trinajstić information content (AvgIpc) is 3.21. The topological polar surface area (TPSA) is 75.4 Å². The first kappa shape index (κ1) is 18.9. The predicted octanol–water partition coefficient (Wildman–Crippen LogP) is 3.11. The molecule has 1 fully saturated rings. The van der Waals surface area contributed by atoms with E-state index in [1.165, 1.54) is 0 Å². The van der Waals surface area contributed by atoms with Crippen LogP contribution in [0, 0.1) is 5.82 Å². The van der Waals surface area contributed by atoms with E-state index in [0.29, 0.717) is 17.5 Å². The SMILES string of the molecule is O=C(O)CC1CCCN1C(=O)c1cnn(-c2ccc(F)cc2)c1C(F)(F)F. The molecule has 1 atom stereocenters. The third kappa shape index (κ3) is 3.79. The molecule has 1 aromatic heterocycles. The Morgan fingerprint density at radius 1 is 1.22 bits per heavy atom. The summed E-state index contributed by atoms with van der Waals surface area (Å²) in [4.78, 5) is 24.8. The second-order valence-corrected chi connectivity index (χ2v) is 6.19. The molecule has 27 heavy (non-hydrogen) atoms. The summed E-state index contributed by atoms with van der Waals surface area (Å²) in [5.74, 6) is -2.67. The van der Waals surface area contributed by atoms with Gasteiger partial charge in [-0.25, -0.2) is 9.07 Å². The highest BCUT2D eigenvalue weighted by molar-refractivity contribution is 5.96. The van der Waals surface area contributed by atoms with Crippen LogP contribution in [-0.4, -0.2) is 44.3 Å². The number of carbonyl (C=O) groups is 2. The fourth-order valence-electron chi connectivity index (χ4n) is 3.23. The molecule has 1 aromatic carbocycles. The highest BCUT2D eigenvalue weighted by atomic mass is 19.4. The zero-order valence-electron chi connectivity index (χ0n) is 13.9. The fourth-order valence-corrected chi connectivity index (χ4v) is 3.23. The zero-order chi connectivity index (χ0) is 19.8. The number of amides is 1. The molecule has 2 aromatic rings. The van der Waals surface area contributed by atoms with E-state index < -0.39 is 41.2 Å². The van der Waals surface area contributed by atoms with Gasteiger partial charge in [-0.05, 0) is 37.1 Å². The lowest BCUT2D eigenvalue weighted by atomic mass is 10.1. The van der Waals surface area contributed by atoms with E-state index in [9.17, 15) is 27.2 Å². The largest absolute Gasteiger partial charge is 0.481 e. The summed E-state index contributed by atoms with van der Waals surface area (Å²) in [6.07, 6.45) is -3.50. The lowest BCUT2D eigenvalue weighted by molar-refractivity contribution is -0.143. The third-order valence-electron chi connectivity index (χ3n) is 4.39. The second kappa shape index (κ2) is 7.01. The summed E-state index contributed by atoms with van der Waals surface area (Å²) in [7, 11) is 0. The summed E-state index contributed by atoms with van der Waals surface area (Å²) >= 11 is 0. The van der Waals surface area contributed by atoms with Crippen molar-refractivity contribution in [3.05, 3.63) is 47.5 Å². The molecule has 1 aliphatic rings. The van der Waals surface area contributed by atoms with Crippen molar-refractivity contribution in [1.82, 2.24) is 14.7 Å². The van der Waals surface area contributed by atoms with Crippen LogP contribution in [0.2, 0.25) is 0 Å². The molecule has 2 heterocycles. The number of nitrogens with zero attached hydrogens (tertiary/aromatic N) is 3. The van der Waals surface area contributed by atoms with Gasteiger partial charge in [0.1, 0.15) is 5.82 Å². The molecule has 10 heteroatoms. The van der Waals surface area contributed by atoms with Gasteiger partial charge in [0.2, 0.25) is 0 Å². The van der Waals surface area contributed by atoms with Crippen LogP contribution in [0.4, 0.5) is 17.6 Å². The smallest absolute Gasteiger partial charge is 0.434 e. The predicted molar refractivity (Wildman–Crippen MR) is 84.8 cm³/mol. The third-order valence-corrected chi connectivity index (χ3v) is 4.39. The number of aliphatic carboxylic acids is 1. The minimum absolute atomic E-state index is 0.0497. The van der Waals surface area contributed by atoms with E-state index in [2.05, 4.69) is 5.10 Å². The normalized spacial score (nSPS) is 17.3. The molecule has 0 bridgehead atoms. The molecule has 1 unspecified atom stereocenters. The second-order valence-electron chi connectivity index (χ2n) is 6.19. The van der Waals surface area contributed by atoms with Crippen LogP contribution in [0.1, 0.15) is 35.3 Å². The number of likely N-dealkylation sites (tertiary alicyclic amines) is 1. The number of rotatable bonds is 4. The van der Waals surface area contributed by atoms with E-state index in [1.54, 1.807) is 0 Å². The van der Waals surface area contributed by atoms with E-state index in [1.807, 2.05) is 0 Å². The molecule has 6 nitrogen and oxygen atoms in total. The lowest BCUT2D eigenvalue weighted by Crippen LogP contribution is -2.37. The van der Waals surface area contributed by atoms with Crippen molar-refractivity contribution >= 4 is 11.9 Å². The van der Waals surface area contributed by atoms with Crippen molar-refractivity contribution in [3.8, 4) is 5.69 Å². The Bertz CT molecular complexity index is 861. The Kier molecular flexibility index (Phi) is 4.90. The van der Waals surface area contributed by atoms with E-state index in [0.717, 1.165) is 35.4 Å². The zero-order valence-corrected chi connectivity index (χ0v) is 13.9. The molecule has 144 valence electrons. The molecule has 0 radical (unpaired) electrons. The summed E-state index contributed by atoms with van der Waals surface area (Å²) in [5.41, 5.74) is -1.99. The minimum Gasteiger partial charge on any atom is -0.481 e. The molecular formula is C17H15F4N3O3. The first-order valence-electron chi connectivity index (χ1n) is 8.12. The Morgan fingerprint density at radius 2 is 1.89 bits per heavy atom. The maximum Gasteiger partial charge on any atom is 0.434 e. The molecule has 0 saturated carbocycles. The van der Waals surface area contributed by atoms with Crippen molar-refractivity contribution in [3.63, 3.8) is 0 Å². The number of aromatic nitrogens is 2. The summed E-state index contributed by atoms with van der Waals surface area (Å²) in [5, 5.41) is 12.6. The molecule has 1 amide bonds. The minimum atomic E-state index is -4.89. The van der Waals surface area contributed by atoms with Gasteiger partial charge in [-0.15, -0.1) is 0 Å². The number of carboxylic acids is 1. The van der Waals surface area contributed by atoms with Crippen LogP contribution in [0.15, 0.2) is 30.5 Å². The maximum absolute atomic E-state index is 13.7. The molecule has 1 N–H and O–H groups in total. The molecular weight excluding hydrogens is 370 g/mol. The molecule has 3 rings (SSSR count). The van der Waals surface area contributed by atoms with Crippen LogP contribution in [0.25, 0.3) is 5.69 Å². The van der Waals surface area contributed by atoms with Crippen molar-refractivity contribution < 1.29 is 32.3 Å². The Morgan fingerprint density at radius 3 is 2.48 bits per heavy atom. The standard InChI is InChI=1S/C17H15F4N3O3/c18-10-3-5-11(6-4-10)24-15(17(19,20)21)13(9-22-24)16(27)23-7-1-2-12(23)8-14(25)26/h3-6,9,12H,1-2,7-8H2,(H,25,26). The molecule has 1 saturated heterocycles. The van der Waals surface area contributed by atoms with Gasteiger partial charge in [0.05, 0.1) is 23.9 Å². The quantitative estimate of drug-likeness (QED) is 0.821. The number of carbonyl (C=O) groups excluding carboxylic acids is 1. The molecule has 1 aliphatic heterocycles. The first-order valence-corrected chi connectivity index (χ1v) is 8.12. The van der Waals surface area contributed by atoms with Crippen molar-refractivity contribution in [2.45, 2.75) is 31.5 Å². The molecule has 0 aliphatic carbocycles. The fraction of sp³-hybridized carbons (Fsp3) is 0.353. The Balaban J connectivity index is 2.02.